The molecule has 1 aliphatic heterocycles. The molecule has 0 saturated carbocycles. The van der Waals surface area contributed by atoms with Gasteiger partial charge in [0, 0.05) is 17.3 Å². The van der Waals surface area contributed by atoms with Crippen molar-refractivity contribution in [3.8, 4) is 0 Å². The molecule has 2 nitrogen and oxygen atoms in total. The van der Waals surface area contributed by atoms with Gasteiger partial charge in [-0.05, 0) is 0 Å². The van der Waals surface area contributed by atoms with E-state index in [9.17, 15) is 0 Å². The fourth-order valence-electron chi connectivity index (χ4n) is 1.18. The Morgan fingerprint density at radius 1 is 0.769 bits per heavy atom. The molecule has 0 N–H and O–H groups in total. The summed E-state index contributed by atoms with van der Waals surface area (Å²) in [5, 5.41) is 8.52. The predicted octanol–water partition coefficient (Wildman–Crippen LogP) is 3.28. The summed E-state index contributed by atoms with van der Waals surface area (Å²) in [5.74, 6) is 0. The van der Waals surface area contributed by atoms with Gasteiger partial charge in [-0.15, -0.1) is 0 Å². The summed E-state index contributed by atoms with van der Waals surface area (Å²) in [6.45, 7) is 13.1. The van der Waals surface area contributed by atoms with Crippen molar-refractivity contribution in [1.82, 2.24) is 0 Å². The standard InChI is InChI=1S/C11H20N2/c1-10(2,3)8-7-9(13-12-8)11(4,5)6/h7H2,1-6H3. The van der Waals surface area contributed by atoms with Crippen LogP contribution in [-0.4, -0.2) is 11.4 Å². The predicted molar refractivity (Wildman–Crippen MR) is 58.4 cm³/mol. The Balaban J connectivity index is 2.71. The molecule has 0 atom stereocenters. The summed E-state index contributed by atoms with van der Waals surface area (Å²) in [4.78, 5) is 0. The van der Waals surface area contributed by atoms with Crippen LogP contribution in [0.1, 0.15) is 48.0 Å². The van der Waals surface area contributed by atoms with Crippen LogP contribution >= 0.6 is 0 Å². The molecule has 1 heterocycles. The Morgan fingerprint density at radius 2 is 1.08 bits per heavy atom. The van der Waals surface area contributed by atoms with E-state index in [0.717, 1.165) is 6.42 Å². The molecule has 1 rings (SSSR count). The van der Waals surface area contributed by atoms with E-state index in [-0.39, 0.29) is 10.8 Å². The summed E-state index contributed by atoms with van der Waals surface area (Å²) in [6, 6.07) is 0. The maximum absolute atomic E-state index is 4.26. The van der Waals surface area contributed by atoms with Crippen molar-refractivity contribution in [2.45, 2.75) is 48.0 Å². The third-order valence-corrected chi connectivity index (χ3v) is 2.36. The lowest BCUT2D eigenvalue weighted by Gasteiger charge is -2.21. The van der Waals surface area contributed by atoms with E-state index in [1.54, 1.807) is 0 Å². The first-order valence-electron chi connectivity index (χ1n) is 4.85. The van der Waals surface area contributed by atoms with Gasteiger partial charge in [0.2, 0.25) is 0 Å². The first-order valence-corrected chi connectivity index (χ1v) is 4.85. The fraction of sp³-hybridized carbons (Fsp3) is 0.818. The Labute approximate surface area is 81.1 Å². The third kappa shape index (κ3) is 2.39. The normalized spacial score (nSPS) is 18.6. The molecule has 13 heavy (non-hydrogen) atoms. The molecule has 1 aliphatic rings. The highest BCUT2D eigenvalue weighted by atomic mass is 15.2. The van der Waals surface area contributed by atoms with Crippen molar-refractivity contribution in [3.63, 3.8) is 0 Å². The van der Waals surface area contributed by atoms with Crippen LogP contribution in [0.15, 0.2) is 10.2 Å². The van der Waals surface area contributed by atoms with Gasteiger partial charge in [-0.25, -0.2) is 0 Å². The largest absolute Gasteiger partial charge is 0.159 e. The van der Waals surface area contributed by atoms with Gasteiger partial charge in [-0.1, -0.05) is 41.5 Å². The van der Waals surface area contributed by atoms with Crippen LogP contribution in [0.25, 0.3) is 0 Å². The minimum atomic E-state index is 0.163. The van der Waals surface area contributed by atoms with Crippen molar-refractivity contribution in [3.05, 3.63) is 0 Å². The molecule has 0 unspecified atom stereocenters. The topological polar surface area (TPSA) is 24.7 Å². The molecule has 0 aromatic rings. The first kappa shape index (κ1) is 10.4. The average molecular weight is 180 g/mol. The zero-order chi connectivity index (χ0) is 10.3. The molecule has 0 aromatic heterocycles. The molecule has 0 aliphatic carbocycles. The Morgan fingerprint density at radius 3 is 1.23 bits per heavy atom. The molecule has 0 aromatic carbocycles. The second kappa shape index (κ2) is 2.93. The van der Waals surface area contributed by atoms with Crippen LogP contribution in [0.3, 0.4) is 0 Å². The lowest BCUT2D eigenvalue weighted by Crippen LogP contribution is -2.25. The highest BCUT2D eigenvalue weighted by molar-refractivity contribution is 6.11. The van der Waals surface area contributed by atoms with Crippen LogP contribution in [0.2, 0.25) is 0 Å². The van der Waals surface area contributed by atoms with Crippen molar-refractivity contribution in [1.29, 1.82) is 0 Å². The highest BCUT2D eigenvalue weighted by Gasteiger charge is 2.29. The second-order valence-electron chi connectivity index (χ2n) is 5.77. The molecule has 0 amide bonds. The second-order valence-corrected chi connectivity index (χ2v) is 5.77. The van der Waals surface area contributed by atoms with Crippen molar-refractivity contribution in [2.24, 2.45) is 21.0 Å². The Kier molecular flexibility index (Phi) is 2.35. The van der Waals surface area contributed by atoms with Gasteiger partial charge in [-0.2, -0.15) is 10.2 Å². The molecule has 74 valence electrons. The lowest BCUT2D eigenvalue weighted by atomic mass is 9.81. The van der Waals surface area contributed by atoms with Gasteiger partial charge in [0.05, 0.1) is 11.4 Å². The maximum Gasteiger partial charge on any atom is 0.0516 e. The molecule has 0 fully saturated rings. The molecule has 0 bridgehead atoms. The first-order chi connectivity index (χ1) is 5.71. The number of hydrogen-bond acceptors (Lipinski definition) is 2. The minimum Gasteiger partial charge on any atom is -0.159 e. The minimum absolute atomic E-state index is 0.163. The van der Waals surface area contributed by atoms with Gasteiger partial charge in [-0.3, -0.25) is 0 Å². The number of nitrogens with zero attached hydrogens (tertiary/aromatic N) is 2. The van der Waals surface area contributed by atoms with Crippen LogP contribution in [0, 0.1) is 10.8 Å². The number of hydrogen-bond donors (Lipinski definition) is 0. The van der Waals surface area contributed by atoms with E-state index < -0.39 is 0 Å². The van der Waals surface area contributed by atoms with Crippen molar-refractivity contribution in [2.75, 3.05) is 0 Å². The van der Waals surface area contributed by atoms with Gasteiger partial charge >= 0.3 is 0 Å². The van der Waals surface area contributed by atoms with Crippen LogP contribution in [-0.2, 0) is 0 Å². The maximum atomic E-state index is 4.26. The SMILES string of the molecule is CC(C)(C)C1=NN=C(C(C)(C)C)C1. The fourth-order valence-corrected chi connectivity index (χ4v) is 1.18. The van der Waals surface area contributed by atoms with E-state index in [2.05, 4.69) is 51.7 Å². The van der Waals surface area contributed by atoms with Crippen molar-refractivity contribution >= 4 is 11.4 Å². The average Bonchev–Trinajstić information content (AvgIpc) is 2.28. The quantitative estimate of drug-likeness (QED) is 0.546. The Bertz CT molecular complexity index is 231. The molecule has 0 spiro atoms. The van der Waals surface area contributed by atoms with E-state index in [1.165, 1.54) is 11.4 Å². The van der Waals surface area contributed by atoms with Gasteiger partial charge in [0.25, 0.3) is 0 Å². The van der Waals surface area contributed by atoms with Crippen LogP contribution in [0.4, 0.5) is 0 Å². The van der Waals surface area contributed by atoms with Crippen LogP contribution < -0.4 is 0 Å². The van der Waals surface area contributed by atoms with Crippen molar-refractivity contribution < 1.29 is 0 Å². The molecule has 0 radical (unpaired) electrons. The lowest BCUT2D eigenvalue weighted by molar-refractivity contribution is 0.572. The summed E-state index contributed by atoms with van der Waals surface area (Å²) < 4.78 is 0. The molecular formula is C11H20N2. The molecular weight excluding hydrogens is 160 g/mol. The summed E-state index contributed by atoms with van der Waals surface area (Å²) in [5.41, 5.74) is 2.74. The Hall–Kier alpha value is -0.660. The molecule has 2 heteroatoms. The monoisotopic (exact) mass is 180 g/mol. The van der Waals surface area contributed by atoms with Gasteiger partial charge in [0.1, 0.15) is 0 Å². The van der Waals surface area contributed by atoms with Gasteiger partial charge < -0.3 is 0 Å². The number of rotatable bonds is 0. The van der Waals surface area contributed by atoms with Crippen LogP contribution in [0.5, 0.6) is 0 Å². The van der Waals surface area contributed by atoms with Gasteiger partial charge in [0.15, 0.2) is 0 Å². The van der Waals surface area contributed by atoms with E-state index in [0.29, 0.717) is 0 Å². The molecule has 0 saturated heterocycles. The van der Waals surface area contributed by atoms with E-state index >= 15 is 0 Å². The zero-order valence-corrected chi connectivity index (χ0v) is 9.60. The summed E-state index contributed by atoms with van der Waals surface area (Å²) in [7, 11) is 0. The van der Waals surface area contributed by atoms with E-state index in [1.807, 2.05) is 0 Å². The van der Waals surface area contributed by atoms with E-state index in [4.69, 9.17) is 0 Å². The summed E-state index contributed by atoms with van der Waals surface area (Å²) in [6.07, 6.45) is 0.951. The zero-order valence-electron chi connectivity index (χ0n) is 9.60. The third-order valence-electron chi connectivity index (χ3n) is 2.36. The summed E-state index contributed by atoms with van der Waals surface area (Å²) >= 11 is 0. The highest BCUT2D eigenvalue weighted by Crippen LogP contribution is 2.28. The smallest absolute Gasteiger partial charge is 0.0516 e.